The van der Waals surface area contributed by atoms with Crippen molar-refractivity contribution in [2.75, 3.05) is 32.5 Å². The van der Waals surface area contributed by atoms with Crippen LogP contribution in [0.25, 0.3) is 0 Å². The van der Waals surface area contributed by atoms with Crippen LogP contribution in [0.3, 0.4) is 0 Å². The third kappa shape index (κ3) is 5.06. The molecule has 0 aliphatic carbocycles. The minimum absolute atomic E-state index is 0.212. The highest BCUT2D eigenvalue weighted by Crippen LogP contribution is 2.23. The van der Waals surface area contributed by atoms with Gasteiger partial charge < -0.3 is 14.7 Å². The molecule has 0 bridgehead atoms. The highest BCUT2D eigenvalue weighted by molar-refractivity contribution is 7.98. The Morgan fingerprint density at radius 3 is 2.60 bits per heavy atom. The molecule has 0 saturated heterocycles. The van der Waals surface area contributed by atoms with E-state index in [0.29, 0.717) is 5.75 Å². The van der Waals surface area contributed by atoms with E-state index in [9.17, 15) is 4.79 Å². The van der Waals surface area contributed by atoms with Gasteiger partial charge in [-0.05, 0) is 30.8 Å². The maximum atomic E-state index is 11.0. The number of rotatable bonds is 9. The summed E-state index contributed by atoms with van der Waals surface area (Å²) in [6, 6.07) is 5.28. The van der Waals surface area contributed by atoms with Gasteiger partial charge in [0.15, 0.2) is 0 Å². The molecule has 0 atom stereocenters. The molecule has 0 saturated carbocycles. The minimum Gasteiger partial charge on any atom is -0.496 e. The summed E-state index contributed by atoms with van der Waals surface area (Å²) in [4.78, 5) is 13.4. The summed E-state index contributed by atoms with van der Waals surface area (Å²) >= 11 is 1.85. The molecule has 1 rings (SSSR count). The predicted molar refractivity (Wildman–Crippen MR) is 83.9 cm³/mol. The molecule has 1 aromatic rings. The number of hydrogen-bond donors (Lipinski definition) is 1. The van der Waals surface area contributed by atoms with E-state index in [1.807, 2.05) is 23.9 Å². The standard InChI is InChI=1S/C15H23NO3S/c1-4-16(5-2)8-9-20-11-12-6-7-13(15(17)18)14(10-12)19-3/h6-7,10H,4-5,8-9,11H2,1-3H3,(H,17,18). The summed E-state index contributed by atoms with van der Waals surface area (Å²) in [5.41, 5.74) is 1.31. The Hall–Kier alpha value is -1.20. The van der Waals surface area contributed by atoms with E-state index in [2.05, 4.69) is 18.7 Å². The Labute approximate surface area is 125 Å². The Morgan fingerprint density at radius 2 is 2.05 bits per heavy atom. The molecule has 0 fully saturated rings. The number of aromatic carboxylic acids is 1. The van der Waals surface area contributed by atoms with Gasteiger partial charge in [-0.3, -0.25) is 0 Å². The van der Waals surface area contributed by atoms with Crippen LogP contribution >= 0.6 is 11.8 Å². The fourth-order valence-electron chi connectivity index (χ4n) is 1.93. The molecular weight excluding hydrogens is 274 g/mol. The van der Waals surface area contributed by atoms with Crippen molar-refractivity contribution in [2.45, 2.75) is 19.6 Å². The molecule has 0 spiro atoms. The normalized spacial score (nSPS) is 10.8. The fraction of sp³-hybridized carbons (Fsp3) is 0.533. The molecule has 0 heterocycles. The van der Waals surface area contributed by atoms with E-state index in [0.717, 1.165) is 36.7 Å². The molecule has 0 radical (unpaired) electrons. The van der Waals surface area contributed by atoms with E-state index in [1.165, 1.54) is 7.11 Å². The van der Waals surface area contributed by atoms with Crippen molar-refractivity contribution in [2.24, 2.45) is 0 Å². The van der Waals surface area contributed by atoms with Crippen LogP contribution in [-0.4, -0.2) is 48.5 Å². The van der Waals surface area contributed by atoms with E-state index in [-0.39, 0.29) is 5.56 Å². The monoisotopic (exact) mass is 297 g/mol. The van der Waals surface area contributed by atoms with Crippen molar-refractivity contribution in [1.82, 2.24) is 4.90 Å². The number of hydrogen-bond acceptors (Lipinski definition) is 4. The summed E-state index contributed by atoms with van der Waals surface area (Å²) < 4.78 is 5.13. The Kier molecular flexibility index (Phi) is 7.47. The van der Waals surface area contributed by atoms with Crippen LogP contribution in [0.5, 0.6) is 5.75 Å². The van der Waals surface area contributed by atoms with Crippen molar-refractivity contribution >= 4 is 17.7 Å². The second-order valence-electron chi connectivity index (χ2n) is 4.42. The number of methoxy groups -OCH3 is 1. The van der Waals surface area contributed by atoms with E-state index in [1.54, 1.807) is 6.07 Å². The molecule has 4 nitrogen and oxygen atoms in total. The molecule has 5 heteroatoms. The van der Waals surface area contributed by atoms with Crippen molar-refractivity contribution in [1.29, 1.82) is 0 Å². The zero-order chi connectivity index (χ0) is 15.0. The van der Waals surface area contributed by atoms with Crippen LogP contribution in [0.4, 0.5) is 0 Å². The summed E-state index contributed by atoms with van der Waals surface area (Å²) in [5, 5.41) is 9.03. The third-order valence-corrected chi connectivity index (χ3v) is 4.22. The Balaban J connectivity index is 2.50. The number of nitrogens with zero attached hydrogens (tertiary/aromatic N) is 1. The fourth-order valence-corrected chi connectivity index (χ4v) is 2.87. The molecule has 0 aliphatic rings. The SMILES string of the molecule is CCN(CC)CCSCc1ccc(C(=O)O)c(OC)c1. The molecule has 1 N–H and O–H groups in total. The number of benzene rings is 1. The lowest BCUT2D eigenvalue weighted by molar-refractivity contribution is 0.0693. The summed E-state index contributed by atoms with van der Waals surface area (Å²) in [6.45, 7) is 7.59. The van der Waals surface area contributed by atoms with Gasteiger partial charge in [-0.15, -0.1) is 0 Å². The number of carbonyl (C=O) groups is 1. The van der Waals surface area contributed by atoms with Gasteiger partial charge in [0.05, 0.1) is 7.11 Å². The van der Waals surface area contributed by atoms with Gasteiger partial charge in [0, 0.05) is 18.1 Å². The molecule has 0 unspecified atom stereocenters. The van der Waals surface area contributed by atoms with Crippen molar-refractivity contribution in [3.8, 4) is 5.75 Å². The second kappa shape index (κ2) is 8.87. The topological polar surface area (TPSA) is 49.8 Å². The lowest BCUT2D eigenvalue weighted by atomic mass is 10.1. The van der Waals surface area contributed by atoms with Gasteiger partial charge in [-0.1, -0.05) is 19.9 Å². The minimum atomic E-state index is -0.956. The van der Waals surface area contributed by atoms with Gasteiger partial charge in [0.1, 0.15) is 11.3 Å². The first-order chi connectivity index (χ1) is 9.62. The third-order valence-electron chi connectivity index (χ3n) is 3.21. The van der Waals surface area contributed by atoms with Crippen molar-refractivity contribution in [3.63, 3.8) is 0 Å². The molecule has 0 aliphatic heterocycles. The first-order valence-electron chi connectivity index (χ1n) is 6.82. The maximum absolute atomic E-state index is 11.0. The number of carboxylic acids is 1. The smallest absolute Gasteiger partial charge is 0.339 e. The number of carboxylic acid groups (broad SMARTS) is 1. The van der Waals surface area contributed by atoms with Crippen LogP contribution in [-0.2, 0) is 5.75 Å². The molecule has 0 amide bonds. The lowest BCUT2D eigenvalue weighted by Gasteiger charge is -2.17. The van der Waals surface area contributed by atoms with Gasteiger partial charge in [0.25, 0.3) is 0 Å². The second-order valence-corrected chi connectivity index (χ2v) is 5.52. The molecule has 0 aromatic heterocycles. The van der Waals surface area contributed by atoms with Crippen LogP contribution in [0.15, 0.2) is 18.2 Å². The largest absolute Gasteiger partial charge is 0.496 e. The van der Waals surface area contributed by atoms with Crippen LogP contribution in [0, 0.1) is 0 Å². The molecule has 112 valence electrons. The van der Waals surface area contributed by atoms with Crippen LogP contribution in [0.1, 0.15) is 29.8 Å². The quantitative estimate of drug-likeness (QED) is 0.710. The average Bonchev–Trinajstić information content (AvgIpc) is 2.47. The van der Waals surface area contributed by atoms with Gasteiger partial charge in [0.2, 0.25) is 0 Å². The number of ether oxygens (including phenoxy) is 1. The average molecular weight is 297 g/mol. The Bertz CT molecular complexity index is 433. The van der Waals surface area contributed by atoms with Gasteiger partial charge >= 0.3 is 5.97 Å². The maximum Gasteiger partial charge on any atom is 0.339 e. The molecular formula is C15H23NO3S. The highest BCUT2D eigenvalue weighted by atomic mass is 32.2. The first kappa shape index (κ1) is 16.9. The van der Waals surface area contributed by atoms with Crippen molar-refractivity contribution < 1.29 is 14.6 Å². The highest BCUT2D eigenvalue weighted by Gasteiger charge is 2.11. The predicted octanol–water partition coefficient (Wildman–Crippen LogP) is 2.97. The molecule has 20 heavy (non-hydrogen) atoms. The lowest BCUT2D eigenvalue weighted by Crippen LogP contribution is -2.25. The van der Waals surface area contributed by atoms with E-state index in [4.69, 9.17) is 9.84 Å². The summed E-state index contributed by atoms with van der Waals surface area (Å²) in [5.74, 6) is 1.42. The van der Waals surface area contributed by atoms with E-state index < -0.39 is 5.97 Å². The molecule has 1 aromatic carbocycles. The van der Waals surface area contributed by atoms with Crippen LogP contribution in [0.2, 0.25) is 0 Å². The van der Waals surface area contributed by atoms with E-state index >= 15 is 0 Å². The summed E-state index contributed by atoms with van der Waals surface area (Å²) in [6.07, 6.45) is 0. The van der Waals surface area contributed by atoms with Gasteiger partial charge in [-0.25, -0.2) is 4.79 Å². The Morgan fingerprint density at radius 1 is 1.35 bits per heavy atom. The summed E-state index contributed by atoms with van der Waals surface area (Å²) in [7, 11) is 1.50. The van der Waals surface area contributed by atoms with Crippen molar-refractivity contribution in [3.05, 3.63) is 29.3 Å². The first-order valence-corrected chi connectivity index (χ1v) is 7.98. The van der Waals surface area contributed by atoms with Crippen LogP contribution < -0.4 is 4.74 Å². The zero-order valence-corrected chi connectivity index (χ0v) is 13.2. The number of thioether (sulfide) groups is 1. The van der Waals surface area contributed by atoms with Gasteiger partial charge in [-0.2, -0.15) is 11.8 Å². The zero-order valence-electron chi connectivity index (χ0n) is 12.4.